The third-order valence-corrected chi connectivity index (χ3v) is 1.61. The van der Waals surface area contributed by atoms with E-state index in [0.29, 0.717) is 5.69 Å². The van der Waals surface area contributed by atoms with Crippen LogP contribution in [-0.2, 0) is 0 Å². The fraction of sp³-hybridized carbons (Fsp3) is 0. The van der Waals surface area contributed by atoms with E-state index in [1.165, 1.54) is 0 Å². The van der Waals surface area contributed by atoms with Gasteiger partial charge in [0.1, 0.15) is 0 Å². The van der Waals surface area contributed by atoms with E-state index in [9.17, 15) is 0 Å². The average Bonchev–Trinajstić information content (AvgIpc) is 2.53. The number of nitrogens with zero attached hydrogens (tertiary/aromatic N) is 4. The van der Waals surface area contributed by atoms with E-state index < -0.39 is 0 Å². The Labute approximate surface area is 67.6 Å². The molecule has 0 saturated carbocycles. The first-order valence-corrected chi connectivity index (χ1v) is 3.39. The van der Waals surface area contributed by atoms with Crippen molar-refractivity contribution in [1.29, 1.82) is 0 Å². The van der Waals surface area contributed by atoms with Crippen molar-refractivity contribution in [2.24, 2.45) is 5.11 Å². The van der Waals surface area contributed by atoms with Gasteiger partial charge in [-0.25, -0.2) is 0 Å². The smallest absolute Gasteiger partial charge is 0.0745 e. The summed E-state index contributed by atoms with van der Waals surface area (Å²) in [5.41, 5.74) is 9.59. The van der Waals surface area contributed by atoms with Gasteiger partial charge in [-0.15, -0.1) is 0 Å². The molecule has 1 N–H and O–H groups in total. The summed E-state index contributed by atoms with van der Waals surface area (Å²) in [5, 5.41) is 11.1. The summed E-state index contributed by atoms with van der Waals surface area (Å²) >= 11 is 0. The molecule has 1 aromatic carbocycles. The first-order valence-electron chi connectivity index (χ1n) is 3.39. The molecule has 0 aliphatic carbocycles. The number of aromatic amines is 1. The van der Waals surface area contributed by atoms with Gasteiger partial charge in [0.25, 0.3) is 0 Å². The van der Waals surface area contributed by atoms with Crippen molar-refractivity contribution in [2.45, 2.75) is 0 Å². The second kappa shape index (κ2) is 2.56. The highest BCUT2D eigenvalue weighted by Crippen LogP contribution is 2.22. The lowest BCUT2D eigenvalue weighted by Gasteiger charge is -1.91. The van der Waals surface area contributed by atoms with Gasteiger partial charge in [0.15, 0.2) is 0 Å². The molecule has 0 saturated heterocycles. The summed E-state index contributed by atoms with van der Waals surface area (Å²) in [6, 6.07) is 5.46. The Hall–Kier alpha value is -2.00. The first-order chi connectivity index (χ1) is 5.92. The minimum atomic E-state index is 0.576. The molecule has 0 fully saturated rings. The van der Waals surface area contributed by atoms with Crippen LogP contribution in [0, 0.1) is 0 Å². The van der Waals surface area contributed by atoms with Crippen molar-refractivity contribution in [2.75, 3.05) is 0 Å². The number of hydrogen-bond acceptors (Lipinski definition) is 2. The van der Waals surface area contributed by atoms with Crippen LogP contribution in [0.4, 0.5) is 5.69 Å². The van der Waals surface area contributed by atoms with Crippen LogP contribution >= 0.6 is 0 Å². The number of nitrogens with one attached hydrogen (secondary N) is 1. The molecule has 0 aliphatic rings. The first kappa shape index (κ1) is 6.69. The van der Waals surface area contributed by atoms with Crippen molar-refractivity contribution in [3.63, 3.8) is 0 Å². The van der Waals surface area contributed by atoms with Crippen LogP contribution in [0.1, 0.15) is 0 Å². The number of aromatic nitrogens is 2. The van der Waals surface area contributed by atoms with Crippen LogP contribution in [0.5, 0.6) is 0 Å². The Kier molecular flexibility index (Phi) is 1.43. The Morgan fingerprint density at radius 2 is 2.42 bits per heavy atom. The number of H-pyrrole nitrogens is 1. The van der Waals surface area contributed by atoms with Crippen molar-refractivity contribution in [3.8, 4) is 0 Å². The fourth-order valence-electron chi connectivity index (χ4n) is 1.08. The zero-order chi connectivity index (χ0) is 8.39. The maximum absolute atomic E-state index is 8.24. The number of benzene rings is 1. The maximum atomic E-state index is 8.24. The minimum absolute atomic E-state index is 0.576. The predicted molar refractivity (Wildman–Crippen MR) is 44.9 cm³/mol. The number of rotatable bonds is 1. The molecule has 5 nitrogen and oxygen atoms in total. The van der Waals surface area contributed by atoms with Crippen LogP contribution in [0.15, 0.2) is 29.5 Å². The van der Waals surface area contributed by atoms with E-state index in [4.69, 9.17) is 5.53 Å². The van der Waals surface area contributed by atoms with E-state index in [1.807, 2.05) is 12.1 Å². The maximum Gasteiger partial charge on any atom is 0.0745 e. The van der Waals surface area contributed by atoms with Crippen LogP contribution in [0.25, 0.3) is 21.3 Å². The molecule has 12 heavy (non-hydrogen) atoms. The lowest BCUT2D eigenvalue weighted by Crippen LogP contribution is -1.68. The normalized spacial score (nSPS) is 9.67. The molecular weight excluding hydrogens is 154 g/mol. The van der Waals surface area contributed by atoms with Gasteiger partial charge >= 0.3 is 0 Å². The van der Waals surface area contributed by atoms with Crippen LogP contribution in [0.3, 0.4) is 0 Å². The topological polar surface area (TPSA) is 77.4 Å². The van der Waals surface area contributed by atoms with E-state index in [2.05, 4.69) is 20.2 Å². The zero-order valence-corrected chi connectivity index (χ0v) is 6.10. The molecule has 0 radical (unpaired) electrons. The summed E-state index contributed by atoms with van der Waals surface area (Å²) in [4.78, 5) is 2.71. The van der Waals surface area contributed by atoms with Crippen molar-refractivity contribution < 1.29 is 0 Å². The molecule has 0 aliphatic heterocycles. The van der Waals surface area contributed by atoms with E-state index in [1.54, 1.807) is 12.3 Å². The standard InChI is InChI=1S/C7H5N5/c8-12-10-6-3-1-2-5-4-9-11-7(5)6/h1-4H,(H,9,11). The minimum Gasteiger partial charge on any atom is -0.277 e. The molecule has 0 atom stereocenters. The molecular formula is C7H5N5. The Morgan fingerprint density at radius 3 is 3.25 bits per heavy atom. The van der Waals surface area contributed by atoms with Gasteiger partial charge in [-0.2, -0.15) is 5.10 Å². The van der Waals surface area contributed by atoms with Gasteiger partial charge < -0.3 is 0 Å². The highest BCUT2D eigenvalue weighted by molar-refractivity contribution is 5.88. The van der Waals surface area contributed by atoms with Gasteiger partial charge in [0.2, 0.25) is 0 Å². The monoisotopic (exact) mass is 159 g/mol. The third-order valence-electron chi connectivity index (χ3n) is 1.61. The summed E-state index contributed by atoms with van der Waals surface area (Å²) in [6.07, 6.45) is 1.69. The molecule has 0 spiro atoms. The summed E-state index contributed by atoms with van der Waals surface area (Å²) in [5.74, 6) is 0. The van der Waals surface area contributed by atoms with Gasteiger partial charge in [0.05, 0.1) is 17.4 Å². The van der Waals surface area contributed by atoms with Gasteiger partial charge in [-0.1, -0.05) is 23.3 Å². The molecule has 1 heterocycles. The van der Waals surface area contributed by atoms with Gasteiger partial charge in [0, 0.05) is 10.3 Å². The summed E-state index contributed by atoms with van der Waals surface area (Å²) in [7, 11) is 0. The summed E-state index contributed by atoms with van der Waals surface area (Å²) in [6.45, 7) is 0. The van der Waals surface area contributed by atoms with Gasteiger partial charge in [-0.3, -0.25) is 5.10 Å². The van der Waals surface area contributed by atoms with Crippen LogP contribution < -0.4 is 0 Å². The lowest BCUT2D eigenvalue weighted by molar-refractivity contribution is 1.12. The predicted octanol–water partition coefficient (Wildman–Crippen LogP) is 2.50. The van der Waals surface area contributed by atoms with Crippen molar-refractivity contribution >= 4 is 16.6 Å². The third kappa shape index (κ3) is 0.889. The second-order valence-corrected chi connectivity index (χ2v) is 2.30. The van der Waals surface area contributed by atoms with Gasteiger partial charge in [-0.05, 0) is 5.53 Å². The van der Waals surface area contributed by atoms with Crippen molar-refractivity contribution in [3.05, 3.63) is 34.8 Å². The number of azide groups is 1. The van der Waals surface area contributed by atoms with Crippen LogP contribution in [-0.4, -0.2) is 10.2 Å². The highest BCUT2D eigenvalue weighted by Gasteiger charge is 1.98. The average molecular weight is 159 g/mol. The highest BCUT2D eigenvalue weighted by atomic mass is 15.2. The molecule has 2 rings (SSSR count). The Morgan fingerprint density at radius 1 is 1.50 bits per heavy atom. The molecule has 0 amide bonds. The molecule has 0 bridgehead atoms. The molecule has 2 aromatic rings. The SMILES string of the molecule is [N-]=[N+]=Nc1cccc2cn[nH]c12. The quantitative estimate of drug-likeness (QED) is 0.387. The van der Waals surface area contributed by atoms with E-state index >= 15 is 0 Å². The lowest BCUT2D eigenvalue weighted by atomic mass is 10.2. The number of fused-ring (bicyclic) bond motifs is 1. The van der Waals surface area contributed by atoms with Crippen LogP contribution in [0.2, 0.25) is 0 Å². The molecule has 58 valence electrons. The fourth-order valence-corrected chi connectivity index (χ4v) is 1.08. The summed E-state index contributed by atoms with van der Waals surface area (Å²) < 4.78 is 0. The zero-order valence-electron chi connectivity index (χ0n) is 6.10. The Bertz CT molecular complexity index is 452. The Balaban J connectivity index is 2.81. The number of para-hydroxylation sites is 1. The van der Waals surface area contributed by atoms with Crippen molar-refractivity contribution in [1.82, 2.24) is 10.2 Å². The second-order valence-electron chi connectivity index (χ2n) is 2.30. The van der Waals surface area contributed by atoms with E-state index in [0.717, 1.165) is 10.9 Å². The molecule has 5 heteroatoms. The van der Waals surface area contributed by atoms with E-state index in [-0.39, 0.29) is 0 Å². The largest absolute Gasteiger partial charge is 0.277 e. The number of hydrogen-bond donors (Lipinski definition) is 1. The molecule has 0 unspecified atom stereocenters. The molecule has 1 aromatic heterocycles.